The maximum absolute atomic E-state index is 6.14. The molecule has 20 heavy (non-hydrogen) atoms. The highest BCUT2D eigenvalue weighted by Crippen LogP contribution is 2.28. The molecule has 0 amide bonds. The first-order chi connectivity index (χ1) is 9.63. The third kappa shape index (κ3) is 2.83. The molecule has 0 unspecified atom stereocenters. The van der Waals surface area contributed by atoms with Crippen molar-refractivity contribution in [3.63, 3.8) is 0 Å². The van der Waals surface area contributed by atoms with E-state index in [1.54, 1.807) is 23.5 Å². The monoisotopic (exact) mass is 343 g/mol. The predicted octanol–water partition coefficient (Wildman–Crippen LogP) is 5.26. The fourth-order valence-electron chi connectivity index (χ4n) is 1.80. The Labute approximate surface area is 134 Å². The van der Waals surface area contributed by atoms with Gasteiger partial charge in [0.05, 0.1) is 10.2 Å². The Balaban J connectivity index is 1.88. The summed E-state index contributed by atoms with van der Waals surface area (Å²) in [6.45, 7) is 0.538. The minimum Gasteiger partial charge on any atom is -0.365 e. The summed E-state index contributed by atoms with van der Waals surface area (Å²) in [5, 5.41) is 6.65. The molecule has 0 aliphatic heterocycles. The number of nitrogens with zero attached hydrogens (tertiary/aromatic N) is 2. The summed E-state index contributed by atoms with van der Waals surface area (Å²) in [5.74, 6) is 0.709. The molecule has 1 N–H and O–H groups in total. The molecule has 7 heteroatoms. The van der Waals surface area contributed by atoms with E-state index in [2.05, 4.69) is 15.3 Å². The van der Waals surface area contributed by atoms with Gasteiger partial charge in [0.2, 0.25) is 5.28 Å². The Kier molecular flexibility index (Phi) is 3.98. The summed E-state index contributed by atoms with van der Waals surface area (Å²) in [7, 11) is 0. The zero-order chi connectivity index (χ0) is 14.1. The zero-order valence-corrected chi connectivity index (χ0v) is 13.1. The molecule has 3 aromatic rings. The molecular weight excluding hydrogens is 337 g/mol. The van der Waals surface area contributed by atoms with E-state index in [4.69, 9.17) is 34.8 Å². The first-order valence-corrected chi connectivity index (χ1v) is 7.73. The van der Waals surface area contributed by atoms with Crippen LogP contribution < -0.4 is 5.32 Å². The minimum atomic E-state index is 0.223. The number of rotatable bonds is 3. The molecule has 3 nitrogen and oxygen atoms in total. The van der Waals surface area contributed by atoms with Gasteiger partial charge in [0.1, 0.15) is 5.82 Å². The Morgan fingerprint density at radius 1 is 1.10 bits per heavy atom. The van der Waals surface area contributed by atoms with Gasteiger partial charge in [-0.05, 0) is 40.7 Å². The highest BCUT2D eigenvalue weighted by atomic mass is 35.5. The van der Waals surface area contributed by atoms with Crippen LogP contribution in [0.15, 0.2) is 29.6 Å². The normalized spacial score (nSPS) is 10.9. The van der Waals surface area contributed by atoms with Crippen LogP contribution in [-0.2, 0) is 6.54 Å². The standard InChI is InChI=1S/C13H8Cl3N3S/c14-8-2-1-7(9(15)5-8)6-17-12-11-10(3-4-20-11)18-13(16)19-12/h1-5H,6H2,(H,17,18,19). The van der Waals surface area contributed by atoms with E-state index in [0.717, 1.165) is 15.8 Å². The van der Waals surface area contributed by atoms with Crippen molar-refractivity contribution in [2.24, 2.45) is 0 Å². The number of hydrogen-bond acceptors (Lipinski definition) is 4. The average molecular weight is 345 g/mol. The van der Waals surface area contributed by atoms with E-state index < -0.39 is 0 Å². The van der Waals surface area contributed by atoms with E-state index >= 15 is 0 Å². The Hall–Kier alpha value is -1.07. The molecule has 0 atom stereocenters. The second-order valence-electron chi connectivity index (χ2n) is 4.07. The van der Waals surface area contributed by atoms with Gasteiger partial charge in [-0.3, -0.25) is 0 Å². The number of anilines is 1. The summed E-state index contributed by atoms with van der Waals surface area (Å²) in [6, 6.07) is 7.31. The quantitative estimate of drug-likeness (QED) is 0.658. The molecule has 0 radical (unpaired) electrons. The van der Waals surface area contributed by atoms with Crippen molar-refractivity contribution < 1.29 is 0 Å². The fourth-order valence-corrected chi connectivity index (χ4v) is 3.25. The van der Waals surface area contributed by atoms with E-state index in [9.17, 15) is 0 Å². The number of nitrogens with one attached hydrogen (secondary N) is 1. The molecule has 1 aromatic carbocycles. The van der Waals surface area contributed by atoms with Gasteiger partial charge < -0.3 is 5.32 Å². The van der Waals surface area contributed by atoms with Crippen molar-refractivity contribution in [1.29, 1.82) is 0 Å². The van der Waals surface area contributed by atoms with E-state index in [0.29, 0.717) is 22.4 Å². The van der Waals surface area contributed by atoms with Gasteiger partial charge in [-0.2, -0.15) is 4.98 Å². The van der Waals surface area contributed by atoms with Crippen molar-refractivity contribution in [3.8, 4) is 0 Å². The molecule has 0 aliphatic rings. The molecule has 3 rings (SSSR count). The topological polar surface area (TPSA) is 37.8 Å². The van der Waals surface area contributed by atoms with Gasteiger partial charge in [0.25, 0.3) is 0 Å². The number of halogens is 3. The lowest BCUT2D eigenvalue weighted by Gasteiger charge is -2.08. The van der Waals surface area contributed by atoms with Gasteiger partial charge in [0, 0.05) is 16.6 Å². The van der Waals surface area contributed by atoms with Crippen molar-refractivity contribution >= 4 is 62.2 Å². The van der Waals surface area contributed by atoms with Crippen LogP contribution in [0.1, 0.15) is 5.56 Å². The van der Waals surface area contributed by atoms with Crippen LogP contribution in [0.4, 0.5) is 5.82 Å². The predicted molar refractivity (Wildman–Crippen MR) is 86.2 cm³/mol. The summed E-state index contributed by atoms with van der Waals surface area (Å²) in [6.07, 6.45) is 0. The van der Waals surface area contributed by atoms with Crippen molar-refractivity contribution in [2.45, 2.75) is 6.54 Å². The molecule has 0 saturated heterocycles. The molecular formula is C13H8Cl3N3S. The lowest BCUT2D eigenvalue weighted by Crippen LogP contribution is -2.03. The largest absolute Gasteiger partial charge is 0.365 e. The highest BCUT2D eigenvalue weighted by Gasteiger charge is 2.08. The van der Waals surface area contributed by atoms with Crippen LogP contribution in [0.3, 0.4) is 0 Å². The molecule has 2 aromatic heterocycles. The third-order valence-electron chi connectivity index (χ3n) is 2.74. The lowest BCUT2D eigenvalue weighted by atomic mass is 10.2. The van der Waals surface area contributed by atoms with Gasteiger partial charge in [0.15, 0.2) is 0 Å². The Bertz CT molecular complexity index is 773. The Morgan fingerprint density at radius 3 is 2.75 bits per heavy atom. The van der Waals surface area contributed by atoms with Crippen LogP contribution >= 0.6 is 46.1 Å². The van der Waals surface area contributed by atoms with E-state index in [1.165, 1.54) is 0 Å². The number of thiophene rings is 1. The Morgan fingerprint density at radius 2 is 1.95 bits per heavy atom. The summed E-state index contributed by atoms with van der Waals surface area (Å²) >= 11 is 19.5. The first-order valence-electron chi connectivity index (χ1n) is 5.72. The maximum atomic E-state index is 6.14. The zero-order valence-electron chi connectivity index (χ0n) is 10.0. The number of aromatic nitrogens is 2. The summed E-state index contributed by atoms with van der Waals surface area (Å²) < 4.78 is 0.972. The molecule has 0 spiro atoms. The highest BCUT2D eigenvalue weighted by molar-refractivity contribution is 7.17. The fraction of sp³-hybridized carbons (Fsp3) is 0.0769. The second-order valence-corrected chi connectivity index (χ2v) is 6.16. The molecule has 0 fully saturated rings. The van der Waals surface area contributed by atoms with Crippen molar-refractivity contribution in [1.82, 2.24) is 9.97 Å². The second kappa shape index (κ2) is 5.74. The van der Waals surface area contributed by atoms with Gasteiger partial charge in [-0.1, -0.05) is 29.3 Å². The van der Waals surface area contributed by atoms with E-state index in [1.807, 2.05) is 17.5 Å². The van der Waals surface area contributed by atoms with E-state index in [-0.39, 0.29) is 5.28 Å². The van der Waals surface area contributed by atoms with Gasteiger partial charge in [-0.15, -0.1) is 11.3 Å². The lowest BCUT2D eigenvalue weighted by molar-refractivity contribution is 1.11. The van der Waals surface area contributed by atoms with Crippen LogP contribution in [0, 0.1) is 0 Å². The molecule has 102 valence electrons. The SMILES string of the molecule is Clc1ccc(CNc2nc(Cl)nc3ccsc23)c(Cl)c1. The first kappa shape index (κ1) is 13.9. The number of fused-ring (bicyclic) bond motifs is 1. The summed E-state index contributed by atoms with van der Waals surface area (Å²) in [4.78, 5) is 8.38. The average Bonchev–Trinajstić information content (AvgIpc) is 2.85. The van der Waals surface area contributed by atoms with Crippen LogP contribution in [0.25, 0.3) is 10.2 Å². The van der Waals surface area contributed by atoms with Crippen LogP contribution in [-0.4, -0.2) is 9.97 Å². The third-order valence-corrected chi connectivity index (χ3v) is 4.40. The van der Waals surface area contributed by atoms with Crippen LogP contribution in [0.5, 0.6) is 0 Å². The van der Waals surface area contributed by atoms with Crippen LogP contribution in [0.2, 0.25) is 15.3 Å². The van der Waals surface area contributed by atoms with Gasteiger partial charge in [-0.25, -0.2) is 4.98 Å². The smallest absolute Gasteiger partial charge is 0.224 e. The minimum absolute atomic E-state index is 0.223. The number of benzene rings is 1. The molecule has 2 heterocycles. The van der Waals surface area contributed by atoms with Crippen molar-refractivity contribution in [3.05, 3.63) is 50.5 Å². The van der Waals surface area contributed by atoms with Gasteiger partial charge >= 0.3 is 0 Å². The summed E-state index contributed by atoms with van der Waals surface area (Å²) in [5.41, 5.74) is 1.77. The molecule has 0 saturated carbocycles. The van der Waals surface area contributed by atoms with Crippen molar-refractivity contribution in [2.75, 3.05) is 5.32 Å². The number of hydrogen-bond donors (Lipinski definition) is 1. The molecule has 0 aliphatic carbocycles. The molecule has 0 bridgehead atoms. The maximum Gasteiger partial charge on any atom is 0.224 e.